The van der Waals surface area contributed by atoms with Crippen LogP contribution in [-0.4, -0.2) is 34.0 Å². The number of benzene rings is 2. The van der Waals surface area contributed by atoms with Gasteiger partial charge in [0, 0.05) is 12.1 Å². The van der Waals surface area contributed by atoms with Crippen LogP contribution >= 0.6 is 0 Å². The fourth-order valence-electron chi connectivity index (χ4n) is 2.57. The Labute approximate surface area is 161 Å². The molecular weight excluding hydrogens is 364 g/mol. The number of amides is 1. The van der Waals surface area contributed by atoms with Gasteiger partial charge in [0.2, 0.25) is 10.0 Å². The average Bonchev–Trinajstić information content (AvgIpc) is 2.65. The molecule has 0 aliphatic heterocycles. The van der Waals surface area contributed by atoms with E-state index in [2.05, 4.69) is 10.0 Å². The van der Waals surface area contributed by atoms with Gasteiger partial charge in [-0.15, -0.1) is 0 Å². The van der Waals surface area contributed by atoms with E-state index >= 15 is 0 Å². The number of nitrogens with one attached hydrogen (secondary N) is 2. The molecule has 0 unspecified atom stereocenters. The maximum absolute atomic E-state index is 12.3. The van der Waals surface area contributed by atoms with Crippen LogP contribution in [0.5, 0.6) is 5.75 Å². The van der Waals surface area contributed by atoms with Crippen molar-refractivity contribution in [3.05, 3.63) is 59.7 Å². The first kappa shape index (κ1) is 20.9. The molecule has 0 aromatic heterocycles. The first-order chi connectivity index (χ1) is 12.8. The number of hydrogen-bond acceptors (Lipinski definition) is 4. The Bertz CT molecular complexity index is 879. The van der Waals surface area contributed by atoms with Crippen LogP contribution in [0.15, 0.2) is 53.4 Å². The molecule has 2 aromatic carbocycles. The molecule has 7 heteroatoms. The zero-order valence-electron chi connectivity index (χ0n) is 15.9. The minimum atomic E-state index is -3.57. The van der Waals surface area contributed by atoms with E-state index in [1.165, 1.54) is 19.2 Å². The Kier molecular flexibility index (Phi) is 7.38. The van der Waals surface area contributed by atoms with Crippen molar-refractivity contribution in [1.82, 2.24) is 10.0 Å². The summed E-state index contributed by atoms with van der Waals surface area (Å²) in [5, 5.41) is 2.83. The Morgan fingerprint density at radius 1 is 1.11 bits per heavy atom. The number of ether oxygens (including phenoxy) is 1. The van der Waals surface area contributed by atoms with Crippen LogP contribution in [0.2, 0.25) is 0 Å². The molecule has 0 fully saturated rings. The van der Waals surface area contributed by atoms with Gasteiger partial charge in [-0.1, -0.05) is 18.2 Å². The van der Waals surface area contributed by atoms with Crippen LogP contribution in [0.1, 0.15) is 36.2 Å². The quantitative estimate of drug-likeness (QED) is 0.645. The third-order valence-electron chi connectivity index (χ3n) is 3.87. The smallest absolute Gasteiger partial charge is 0.251 e. The summed E-state index contributed by atoms with van der Waals surface area (Å²) in [4.78, 5) is 12.3. The molecule has 0 atom stereocenters. The summed E-state index contributed by atoms with van der Waals surface area (Å²) in [5.41, 5.74) is 1.46. The van der Waals surface area contributed by atoms with Gasteiger partial charge in [0.15, 0.2) is 0 Å². The van der Waals surface area contributed by atoms with E-state index in [1.807, 2.05) is 38.1 Å². The normalized spacial score (nSPS) is 11.4. The Morgan fingerprint density at radius 2 is 1.85 bits per heavy atom. The molecule has 0 bridgehead atoms. The second-order valence-corrected chi connectivity index (χ2v) is 8.30. The summed E-state index contributed by atoms with van der Waals surface area (Å²) in [6, 6.07) is 13.9. The number of sulfonamides is 1. The summed E-state index contributed by atoms with van der Waals surface area (Å²) in [7, 11) is -2.23. The lowest BCUT2D eigenvalue weighted by Gasteiger charge is -2.11. The summed E-state index contributed by atoms with van der Waals surface area (Å²) < 4.78 is 31.6. The van der Waals surface area contributed by atoms with E-state index in [0.29, 0.717) is 12.1 Å². The first-order valence-corrected chi connectivity index (χ1v) is 10.4. The topological polar surface area (TPSA) is 84.5 Å². The van der Waals surface area contributed by atoms with Crippen molar-refractivity contribution in [2.75, 3.05) is 13.6 Å². The van der Waals surface area contributed by atoms with Gasteiger partial charge in [-0.05, 0) is 69.6 Å². The molecule has 146 valence electrons. The van der Waals surface area contributed by atoms with Crippen molar-refractivity contribution in [1.29, 1.82) is 0 Å². The lowest BCUT2D eigenvalue weighted by Crippen LogP contribution is -2.25. The van der Waals surface area contributed by atoms with Crippen molar-refractivity contribution in [3.63, 3.8) is 0 Å². The highest BCUT2D eigenvalue weighted by Crippen LogP contribution is 2.16. The van der Waals surface area contributed by atoms with E-state index in [1.54, 1.807) is 12.1 Å². The summed E-state index contributed by atoms with van der Waals surface area (Å²) >= 11 is 0. The maximum atomic E-state index is 12.3. The van der Waals surface area contributed by atoms with Crippen LogP contribution in [0.3, 0.4) is 0 Å². The van der Waals surface area contributed by atoms with Gasteiger partial charge in [0.25, 0.3) is 5.91 Å². The van der Waals surface area contributed by atoms with Crippen molar-refractivity contribution in [2.45, 2.75) is 37.7 Å². The van der Waals surface area contributed by atoms with E-state index < -0.39 is 10.0 Å². The van der Waals surface area contributed by atoms with Gasteiger partial charge in [-0.2, -0.15) is 0 Å². The number of carbonyl (C=O) groups is 1. The SMILES string of the molecule is CNS(=O)(=O)c1cccc(C(=O)NCCCc2cccc(OC(C)C)c2)c1. The fraction of sp³-hybridized carbons (Fsp3) is 0.350. The third-order valence-corrected chi connectivity index (χ3v) is 5.29. The molecule has 0 aliphatic carbocycles. The van der Waals surface area contributed by atoms with Crippen molar-refractivity contribution >= 4 is 15.9 Å². The molecule has 2 N–H and O–H groups in total. The van der Waals surface area contributed by atoms with Gasteiger partial charge in [0.1, 0.15) is 5.75 Å². The minimum absolute atomic E-state index is 0.0691. The zero-order valence-corrected chi connectivity index (χ0v) is 16.7. The second-order valence-electron chi connectivity index (χ2n) is 6.41. The summed E-state index contributed by atoms with van der Waals surface area (Å²) in [5.74, 6) is 0.550. The largest absolute Gasteiger partial charge is 0.491 e. The Balaban J connectivity index is 1.87. The number of hydrogen-bond donors (Lipinski definition) is 2. The molecule has 6 nitrogen and oxygen atoms in total. The highest BCUT2D eigenvalue weighted by molar-refractivity contribution is 7.89. The summed E-state index contributed by atoms with van der Waals surface area (Å²) in [6.07, 6.45) is 1.71. The summed E-state index contributed by atoms with van der Waals surface area (Å²) in [6.45, 7) is 4.47. The zero-order chi connectivity index (χ0) is 19.9. The lowest BCUT2D eigenvalue weighted by atomic mass is 10.1. The second kappa shape index (κ2) is 9.53. The third kappa shape index (κ3) is 6.37. The number of aryl methyl sites for hydroxylation is 1. The van der Waals surface area contributed by atoms with E-state index in [0.717, 1.165) is 24.2 Å². The Morgan fingerprint density at radius 3 is 2.56 bits per heavy atom. The van der Waals surface area contributed by atoms with E-state index in [-0.39, 0.29) is 16.9 Å². The minimum Gasteiger partial charge on any atom is -0.491 e. The standard InChI is InChI=1S/C20H26N2O4S/c1-15(2)26-18-10-4-7-16(13-18)8-6-12-22-20(23)17-9-5-11-19(14-17)27(24,25)21-3/h4-5,7,9-11,13-15,21H,6,8,12H2,1-3H3,(H,22,23). The number of rotatable bonds is 9. The highest BCUT2D eigenvalue weighted by atomic mass is 32.2. The maximum Gasteiger partial charge on any atom is 0.251 e. The predicted octanol–water partition coefficient (Wildman–Crippen LogP) is 2.74. The van der Waals surface area contributed by atoms with Gasteiger partial charge in [0.05, 0.1) is 11.0 Å². The monoisotopic (exact) mass is 390 g/mol. The highest BCUT2D eigenvalue weighted by Gasteiger charge is 2.14. The lowest BCUT2D eigenvalue weighted by molar-refractivity contribution is 0.0953. The molecule has 0 saturated carbocycles. The molecule has 0 saturated heterocycles. The molecule has 27 heavy (non-hydrogen) atoms. The van der Waals surface area contributed by atoms with Gasteiger partial charge in [-0.25, -0.2) is 13.1 Å². The molecular formula is C20H26N2O4S. The Hall–Kier alpha value is -2.38. The first-order valence-electron chi connectivity index (χ1n) is 8.89. The molecule has 1 amide bonds. The van der Waals surface area contributed by atoms with E-state index in [9.17, 15) is 13.2 Å². The van der Waals surface area contributed by atoms with Crippen LogP contribution in [0.25, 0.3) is 0 Å². The van der Waals surface area contributed by atoms with Crippen LogP contribution in [0.4, 0.5) is 0 Å². The van der Waals surface area contributed by atoms with Crippen LogP contribution in [-0.2, 0) is 16.4 Å². The molecule has 0 spiro atoms. The van der Waals surface area contributed by atoms with Gasteiger partial charge >= 0.3 is 0 Å². The van der Waals surface area contributed by atoms with Crippen molar-refractivity contribution < 1.29 is 17.9 Å². The van der Waals surface area contributed by atoms with Gasteiger partial charge in [-0.3, -0.25) is 4.79 Å². The van der Waals surface area contributed by atoms with Gasteiger partial charge < -0.3 is 10.1 Å². The molecule has 2 rings (SSSR count). The van der Waals surface area contributed by atoms with Crippen molar-refractivity contribution in [2.24, 2.45) is 0 Å². The molecule has 0 aliphatic rings. The molecule has 0 radical (unpaired) electrons. The average molecular weight is 391 g/mol. The van der Waals surface area contributed by atoms with E-state index in [4.69, 9.17) is 4.74 Å². The molecule has 2 aromatic rings. The van der Waals surface area contributed by atoms with Crippen molar-refractivity contribution in [3.8, 4) is 5.75 Å². The van der Waals surface area contributed by atoms with Crippen LogP contribution < -0.4 is 14.8 Å². The fourth-order valence-corrected chi connectivity index (χ4v) is 3.34. The van der Waals surface area contributed by atoms with Crippen LogP contribution in [0, 0.1) is 0 Å². The molecule has 0 heterocycles. The predicted molar refractivity (Wildman–Crippen MR) is 106 cm³/mol. The number of carbonyl (C=O) groups excluding carboxylic acids is 1.